The molecule has 5 nitrogen and oxygen atoms in total. The maximum atomic E-state index is 13.1. The van der Waals surface area contributed by atoms with E-state index in [1.165, 1.54) is 17.5 Å². The Bertz CT molecular complexity index is 885. The SMILES string of the molecule is CNC(=O)[C@]1(Cc2ccccc2)C[C@@H]2CC[C@H]1N2Cc1ccc2c(c1)OCO2. The third-order valence-electron chi connectivity index (χ3n) is 6.72. The minimum absolute atomic E-state index is 0.180. The van der Waals surface area contributed by atoms with Crippen molar-refractivity contribution in [1.82, 2.24) is 10.2 Å². The zero-order chi connectivity index (χ0) is 19.1. The first-order chi connectivity index (χ1) is 13.7. The summed E-state index contributed by atoms with van der Waals surface area (Å²) in [6.45, 7) is 1.14. The first kappa shape index (κ1) is 17.6. The van der Waals surface area contributed by atoms with Crippen LogP contribution in [0.3, 0.4) is 0 Å². The van der Waals surface area contributed by atoms with Gasteiger partial charge < -0.3 is 14.8 Å². The number of ether oxygens (including phenoxy) is 2. The molecule has 3 aliphatic heterocycles. The molecule has 2 aromatic carbocycles. The molecule has 3 aliphatic rings. The lowest BCUT2D eigenvalue weighted by atomic mass is 9.69. The van der Waals surface area contributed by atoms with Crippen LogP contribution in [0.15, 0.2) is 48.5 Å². The summed E-state index contributed by atoms with van der Waals surface area (Å²) in [5, 5.41) is 2.97. The lowest BCUT2D eigenvalue weighted by Crippen LogP contribution is -2.49. The van der Waals surface area contributed by atoms with Crippen LogP contribution in [0.2, 0.25) is 0 Å². The van der Waals surface area contributed by atoms with E-state index in [1.807, 2.05) is 12.1 Å². The summed E-state index contributed by atoms with van der Waals surface area (Å²) in [5.41, 5.74) is 2.10. The molecule has 0 radical (unpaired) electrons. The second kappa shape index (κ2) is 6.82. The second-order valence-electron chi connectivity index (χ2n) is 8.21. The number of amides is 1. The van der Waals surface area contributed by atoms with Crippen LogP contribution >= 0.6 is 0 Å². The minimum Gasteiger partial charge on any atom is -0.454 e. The molecule has 2 aromatic rings. The molecule has 5 rings (SSSR count). The highest BCUT2D eigenvalue weighted by Crippen LogP contribution is 2.52. The number of nitrogens with zero attached hydrogens (tertiary/aromatic N) is 1. The molecule has 3 heterocycles. The molecule has 28 heavy (non-hydrogen) atoms. The van der Waals surface area contributed by atoms with E-state index >= 15 is 0 Å². The average Bonchev–Trinajstić information content (AvgIpc) is 3.42. The summed E-state index contributed by atoms with van der Waals surface area (Å²) in [4.78, 5) is 15.7. The molecule has 2 bridgehead atoms. The molecule has 0 unspecified atom stereocenters. The number of fused-ring (bicyclic) bond motifs is 3. The van der Waals surface area contributed by atoms with Crippen molar-refractivity contribution in [2.75, 3.05) is 13.8 Å². The predicted octanol–water partition coefficient (Wildman–Crippen LogP) is 3.13. The first-order valence-corrected chi connectivity index (χ1v) is 10.1. The Kier molecular flexibility index (Phi) is 4.27. The Balaban J connectivity index is 1.43. The van der Waals surface area contributed by atoms with Crippen molar-refractivity contribution in [3.8, 4) is 11.5 Å². The smallest absolute Gasteiger partial charge is 0.231 e. The quantitative estimate of drug-likeness (QED) is 0.869. The minimum atomic E-state index is -0.352. The maximum absolute atomic E-state index is 13.1. The van der Waals surface area contributed by atoms with Crippen LogP contribution in [0.5, 0.6) is 11.5 Å². The topological polar surface area (TPSA) is 50.8 Å². The Morgan fingerprint density at radius 2 is 1.93 bits per heavy atom. The van der Waals surface area contributed by atoms with Crippen LogP contribution in [0.4, 0.5) is 0 Å². The summed E-state index contributed by atoms with van der Waals surface area (Å²) < 4.78 is 11.0. The molecule has 2 saturated heterocycles. The largest absolute Gasteiger partial charge is 0.454 e. The zero-order valence-corrected chi connectivity index (χ0v) is 16.2. The van der Waals surface area contributed by atoms with Crippen molar-refractivity contribution >= 4 is 5.91 Å². The van der Waals surface area contributed by atoms with Gasteiger partial charge in [-0.3, -0.25) is 9.69 Å². The van der Waals surface area contributed by atoms with Gasteiger partial charge in [-0.1, -0.05) is 36.4 Å². The molecule has 0 spiro atoms. The molecule has 1 amide bonds. The summed E-state index contributed by atoms with van der Waals surface area (Å²) in [6, 6.07) is 17.3. The lowest BCUT2D eigenvalue weighted by Gasteiger charge is -2.36. The van der Waals surface area contributed by atoms with Gasteiger partial charge in [0.05, 0.1) is 5.41 Å². The summed E-state index contributed by atoms with van der Waals surface area (Å²) in [6.07, 6.45) is 3.97. The Hall–Kier alpha value is -2.53. The number of carbonyl (C=O) groups excluding carboxylic acids is 1. The number of benzene rings is 2. The summed E-state index contributed by atoms with van der Waals surface area (Å²) >= 11 is 0. The number of carbonyl (C=O) groups is 1. The van der Waals surface area contributed by atoms with Crippen LogP contribution in [-0.4, -0.2) is 36.7 Å². The van der Waals surface area contributed by atoms with Crippen molar-refractivity contribution in [3.63, 3.8) is 0 Å². The van der Waals surface area contributed by atoms with Gasteiger partial charge in [0, 0.05) is 25.7 Å². The van der Waals surface area contributed by atoms with Gasteiger partial charge in [0.2, 0.25) is 12.7 Å². The van der Waals surface area contributed by atoms with Gasteiger partial charge in [0.15, 0.2) is 11.5 Å². The van der Waals surface area contributed by atoms with E-state index in [2.05, 4.69) is 46.6 Å². The van der Waals surface area contributed by atoms with Gasteiger partial charge >= 0.3 is 0 Å². The van der Waals surface area contributed by atoms with E-state index in [1.54, 1.807) is 7.05 Å². The van der Waals surface area contributed by atoms with Gasteiger partial charge in [-0.05, 0) is 48.9 Å². The van der Waals surface area contributed by atoms with Crippen LogP contribution in [0.25, 0.3) is 0 Å². The van der Waals surface area contributed by atoms with E-state index in [4.69, 9.17) is 9.47 Å². The van der Waals surface area contributed by atoms with Crippen molar-refractivity contribution in [1.29, 1.82) is 0 Å². The van der Waals surface area contributed by atoms with Gasteiger partial charge in [-0.2, -0.15) is 0 Å². The predicted molar refractivity (Wildman–Crippen MR) is 106 cm³/mol. The van der Waals surface area contributed by atoms with Crippen LogP contribution in [-0.2, 0) is 17.8 Å². The molecule has 1 N–H and O–H groups in total. The van der Waals surface area contributed by atoms with Crippen molar-refractivity contribution < 1.29 is 14.3 Å². The number of rotatable bonds is 5. The molecule has 0 saturated carbocycles. The fourth-order valence-corrected chi connectivity index (χ4v) is 5.52. The van der Waals surface area contributed by atoms with E-state index < -0.39 is 0 Å². The molecular formula is C23H26N2O3. The molecule has 146 valence electrons. The molecule has 5 heteroatoms. The van der Waals surface area contributed by atoms with E-state index in [-0.39, 0.29) is 17.4 Å². The number of nitrogens with one attached hydrogen (secondary N) is 1. The normalized spacial score (nSPS) is 27.9. The monoisotopic (exact) mass is 378 g/mol. The summed E-state index contributed by atoms with van der Waals surface area (Å²) in [5.74, 6) is 1.82. The fourth-order valence-electron chi connectivity index (χ4n) is 5.52. The van der Waals surface area contributed by atoms with Crippen molar-refractivity contribution in [3.05, 3.63) is 59.7 Å². The Labute approximate surface area is 165 Å². The lowest BCUT2D eigenvalue weighted by molar-refractivity contribution is -0.132. The third kappa shape index (κ3) is 2.76. The zero-order valence-electron chi connectivity index (χ0n) is 16.2. The number of hydrogen-bond acceptors (Lipinski definition) is 4. The molecular weight excluding hydrogens is 352 g/mol. The third-order valence-corrected chi connectivity index (χ3v) is 6.72. The maximum Gasteiger partial charge on any atom is 0.231 e. The van der Waals surface area contributed by atoms with Crippen LogP contribution in [0.1, 0.15) is 30.4 Å². The van der Waals surface area contributed by atoms with Crippen molar-refractivity contribution in [2.24, 2.45) is 5.41 Å². The Morgan fingerprint density at radius 3 is 2.75 bits per heavy atom. The Morgan fingerprint density at radius 1 is 1.11 bits per heavy atom. The summed E-state index contributed by atoms with van der Waals surface area (Å²) in [7, 11) is 1.77. The number of hydrogen-bond donors (Lipinski definition) is 1. The first-order valence-electron chi connectivity index (χ1n) is 10.1. The van der Waals surface area contributed by atoms with Gasteiger partial charge in [0.1, 0.15) is 0 Å². The fraction of sp³-hybridized carbons (Fsp3) is 0.435. The molecule has 0 aromatic heterocycles. The van der Waals surface area contributed by atoms with E-state index in [0.29, 0.717) is 12.8 Å². The standard InChI is InChI=1S/C23H26N2O3/c1-24-22(26)23(12-16-5-3-2-4-6-16)13-18-8-10-21(23)25(18)14-17-7-9-19-20(11-17)28-15-27-19/h2-7,9,11,18,21H,8,10,12-15H2,1H3,(H,24,26)/t18-,21+,23+/m0/s1. The van der Waals surface area contributed by atoms with Gasteiger partial charge in [-0.25, -0.2) is 0 Å². The molecule has 3 atom stereocenters. The highest BCUT2D eigenvalue weighted by atomic mass is 16.7. The highest BCUT2D eigenvalue weighted by molar-refractivity contribution is 5.84. The second-order valence-corrected chi connectivity index (χ2v) is 8.21. The van der Waals surface area contributed by atoms with Crippen LogP contribution < -0.4 is 14.8 Å². The van der Waals surface area contributed by atoms with Crippen molar-refractivity contribution in [2.45, 2.75) is 44.3 Å². The highest BCUT2D eigenvalue weighted by Gasteiger charge is 2.59. The molecule has 0 aliphatic carbocycles. The van der Waals surface area contributed by atoms with E-state index in [0.717, 1.165) is 37.3 Å². The average molecular weight is 378 g/mol. The molecule has 2 fully saturated rings. The van der Waals surface area contributed by atoms with Crippen LogP contribution in [0, 0.1) is 5.41 Å². The van der Waals surface area contributed by atoms with Gasteiger partial charge in [0.25, 0.3) is 0 Å². The van der Waals surface area contributed by atoms with Gasteiger partial charge in [-0.15, -0.1) is 0 Å². The van der Waals surface area contributed by atoms with E-state index in [9.17, 15) is 4.79 Å².